The van der Waals surface area contributed by atoms with Gasteiger partial charge in [-0.3, -0.25) is 0 Å². The fourth-order valence-corrected chi connectivity index (χ4v) is 2.22. The first-order valence-electron chi connectivity index (χ1n) is 6.15. The van der Waals surface area contributed by atoms with Crippen molar-refractivity contribution in [1.29, 1.82) is 0 Å². The van der Waals surface area contributed by atoms with Crippen molar-refractivity contribution >= 4 is 0 Å². The van der Waals surface area contributed by atoms with E-state index in [0.29, 0.717) is 0 Å². The van der Waals surface area contributed by atoms with Gasteiger partial charge in [0.25, 0.3) is 0 Å². The van der Waals surface area contributed by atoms with Gasteiger partial charge in [-0.25, -0.2) is 0 Å². The number of rotatable bonds is 7. The predicted molar refractivity (Wildman–Crippen MR) is 65.4 cm³/mol. The molecule has 0 unspecified atom stereocenters. The Morgan fingerprint density at radius 1 is 1.07 bits per heavy atom. The van der Waals surface area contributed by atoms with Gasteiger partial charge in [-0.15, -0.1) is 0 Å². The molecule has 1 atom stereocenters. The highest BCUT2D eigenvalue weighted by Gasteiger charge is 2.18. The zero-order chi connectivity index (χ0) is 11.2. The van der Waals surface area contributed by atoms with Crippen molar-refractivity contribution in [3.63, 3.8) is 0 Å². The van der Waals surface area contributed by atoms with Gasteiger partial charge in [0, 0.05) is 5.92 Å². The maximum Gasteiger partial charge on any atom is 0.0809 e. The second kappa shape index (κ2) is 6.44. The first kappa shape index (κ1) is 14.0. The Morgan fingerprint density at radius 2 is 1.64 bits per heavy atom. The number of nitrogens with zero attached hydrogens (tertiary/aromatic N) is 1. The van der Waals surface area contributed by atoms with Gasteiger partial charge in [0.2, 0.25) is 0 Å². The molecular weight excluding hydrogens is 170 g/mol. The third-order valence-electron chi connectivity index (χ3n) is 2.58. The average Bonchev–Trinajstić information content (AvgIpc) is 1.96. The van der Waals surface area contributed by atoms with Gasteiger partial charge in [0.1, 0.15) is 0 Å². The van der Waals surface area contributed by atoms with E-state index in [4.69, 9.17) is 0 Å². The van der Waals surface area contributed by atoms with Crippen LogP contribution in [0.15, 0.2) is 0 Å². The Labute approximate surface area is 91.1 Å². The molecule has 0 fully saturated rings. The molecule has 0 saturated carbocycles. The van der Waals surface area contributed by atoms with Crippen LogP contribution >= 0.6 is 0 Å². The lowest BCUT2D eigenvalue weighted by molar-refractivity contribution is -0.874. The van der Waals surface area contributed by atoms with Crippen molar-refractivity contribution in [1.82, 2.24) is 0 Å². The smallest absolute Gasteiger partial charge is 0.0809 e. The Bertz CT molecular complexity index is 133. The molecule has 0 aromatic carbocycles. The van der Waals surface area contributed by atoms with Gasteiger partial charge in [-0.2, -0.15) is 0 Å². The van der Waals surface area contributed by atoms with Crippen molar-refractivity contribution in [2.24, 2.45) is 11.8 Å². The molecule has 0 heterocycles. The van der Waals surface area contributed by atoms with Crippen molar-refractivity contribution in [2.75, 3.05) is 27.7 Å². The largest absolute Gasteiger partial charge is 0.331 e. The molecule has 14 heavy (non-hydrogen) atoms. The minimum Gasteiger partial charge on any atom is -0.331 e. The Balaban J connectivity index is 3.97. The molecule has 0 aliphatic rings. The van der Waals surface area contributed by atoms with Crippen LogP contribution in [0, 0.1) is 11.8 Å². The zero-order valence-corrected chi connectivity index (χ0v) is 11.1. The molecule has 0 rings (SSSR count). The van der Waals surface area contributed by atoms with Crippen LogP contribution in [0.2, 0.25) is 0 Å². The SMILES string of the molecule is CCCC[C@@H](CC(C)C)C[N+](C)(C)C. The van der Waals surface area contributed by atoms with Gasteiger partial charge >= 0.3 is 0 Å². The lowest BCUT2D eigenvalue weighted by atomic mass is 9.91. The molecule has 0 saturated heterocycles. The fraction of sp³-hybridized carbons (Fsp3) is 1.00. The molecule has 0 aliphatic heterocycles. The predicted octanol–water partition coefficient (Wildman–Crippen LogP) is 3.55. The summed E-state index contributed by atoms with van der Waals surface area (Å²) < 4.78 is 1.11. The van der Waals surface area contributed by atoms with E-state index in [1.54, 1.807) is 0 Å². The molecule has 0 radical (unpaired) electrons. The van der Waals surface area contributed by atoms with Crippen LogP contribution in [0.5, 0.6) is 0 Å². The highest BCUT2D eigenvalue weighted by molar-refractivity contribution is 4.61. The summed E-state index contributed by atoms with van der Waals surface area (Å²) in [6, 6.07) is 0. The normalized spacial score (nSPS) is 14.8. The summed E-state index contributed by atoms with van der Waals surface area (Å²) in [5.41, 5.74) is 0. The molecule has 0 aromatic rings. The van der Waals surface area contributed by atoms with Gasteiger partial charge in [-0.05, 0) is 18.8 Å². The quantitative estimate of drug-likeness (QED) is 0.551. The molecule has 0 spiro atoms. The molecule has 0 amide bonds. The molecular formula is C13H30N+. The highest BCUT2D eigenvalue weighted by atomic mass is 15.3. The topological polar surface area (TPSA) is 0 Å². The van der Waals surface area contributed by atoms with Crippen molar-refractivity contribution < 1.29 is 4.48 Å². The molecule has 0 bridgehead atoms. The van der Waals surface area contributed by atoms with E-state index >= 15 is 0 Å². The summed E-state index contributed by atoms with van der Waals surface area (Å²) in [7, 11) is 6.91. The van der Waals surface area contributed by atoms with Crippen molar-refractivity contribution in [3.8, 4) is 0 Å². The van der Waals surface area contributed by atoms with Crippen LogP contribution in [0.4, 0.5) is 0 Å². The zero-order valence-electron chi connectivity index (χ0n) is 11.1. The first-order valence-corrected chi connectivity index (χ1v) is 6.15. The molecule has 1 heteroatoms. The summed E-state index contributed by atoms with van der Waals surface area (Å²) >= 11 is 0. The van der Waals surface area contributed by atoms with Crippen LogP contribution < -0.4 is 0 Å². The Hall–Kier alpha value is -0.0400. The number of hydrogen-bond donors (Lipinski definition) is 0. The van der Waals surface area contributed by atoms with E-state index in [9.17, 15) is 0 Å². The number of unbranched alkanes of at least 4 members (excludes halogenated alkanes) is 1. The molecule has 1 nitrogen and oxygen atoms in total. The summed E-state index contributed by atoms with van der Waals surface area (Å²) in [5.74, 6) is 1.78. The second-order valence-corrected chi connectivity index (χ2v) is 6.11. The fourth-order valence-electron chi connectivity index (χ4n) is 2.22. The summed E-state index contributed by atoms with van der Waals surface area (Å²) in [4.78, 5) is 0. The summed E-state index contributed by atoms with van der Waals surface area (Å²) in [6.07, 6.45) is 5.56. The van der Waals surface area contributed by atoms with E-state index in [2.05, 4.69) is 41.9 Å². The Kier molecular flexibility index (Phi) is 6.43. The molecule has 86 valence electrons. The lowest BCUT2D eigenvalue weighted by Gasteiger charge is -2.30. The van der Waals surface area contributed by atoms with Gasteiger partial charge in [0.15, 0.2) is 0 Å². The lowest BCUT2D eigenvalue weighted by Crippen LogP contribution is -2.39. The van der Waals surface area contributed by atoms with Crippen LogP contribution in [-0.2, 0) is 0 Å². The highest BCUT2D eigenvalue weighted by Crippen LogP contribution is 2.20. The van der Waals surface area contributed by atoms with Gasteiger partial charge < -0.3 is 4.48 Å². The van der Waals surface area contributed by atoms with Crippen LogP contribution in [0.3, 0.4) is 0 Å². The van der Waals surface area contributed by atoms with Crippen LogP contribution in [0.25, 0.3) is 0 Å². The standard InChI is InChI=1S/C13H30N/c1-7-8-9-13(10-12(2)3)11-14(4,5)6/h12-13H,7-11H2,1-6H3/q+1/t13-/m0/s1. The van der Waals surface area contributed by atoms with E-state index in [1.807, 2.05) is 0 Å². The molecule has 0 N–H and O–H groups in total. The third kappa shape index (κ3) is 8.55. The minimum atomic E-state index is 0.850. The summed E-state index contributed by atoms with van der Waals surface area (Å²) in [6.45, 7) is 8.31. The maximum absolute atomic E-state index is 2.34. The average molecular weight is 200 g/mol. The van der Waals surface area contributed by atoms with Gasteiger partial charge in [0.05, 0.1) is 27.7 Å². The van der Waals surface area contributed by atoms with E-state index < -0.39 is 0 Å². The van der Waals surface area contributed by atoms with Crippen molar-refractivity contribution in [3.05, 3.63) is 0 Å². The monoisotopic (exact) mass is 200 g/mol. The van der Waals surface area contributed by atoms with Crippen molar-refractivity contribution in [2.45, 2.75) is 46.5 Å². The van der Waals surface area contributed by atoms with Crippen LogP contribution in [0.1, 0.15) is 46.5 Å². The minimum absolute atomic E-state index is 0.850. The molecule has 0 aromatic heterocycles. The number of quaternary nitrogens is 1. The maximum atomic E-state index is 2.34. The van der Waals surface area contributed by atoms with Gasteiger partial charge in [-0.1, -0.05) is 33.6 Å². The third-order valence-corrected chi connectivity index (χ3v) is 2.58. The first-order chi connectivity index (χ1) is 6.35. The molecule has 0 aliphatic carbocycles. The van der Waals surface area contributed by atoms with E-state index in [-0.39, 0.29) is 0 Å². The van der Waals surface area contributed by atoms with E-state index in [0.717, 1.165) is 16.3 Å². The van der Waals surface area contributed by atoms with Crippen LogP contribution in [-0.4, -0.2) is 32.2 Å². The number of hydrogen-bond acceptors (Lipinski definition) is 0. The Morgan fingerprint density at radius 3 is 2.00 bits per heavy atom. The summed E-state index contributed by atoms with van der Waals surface area (Å²) in [5, 5.41) is 0. The second-order valence-electron chi connectivity index (χ2n) is 6.11. The van der Waals surface area contributed by atoms with E-state index in [1.165, 1.54) is 32.2 Å².